The minimum atomic E-state index is -3.53. The average molecular weight is 309 g/mol. The maximum Gasteiger partial charge on any atom is 0.243 e. The molecule has 114 valence electrons. The Morgan fingerprint density at radius 1 is 1.33 bits per heavy atom. The van der Waals surface area contributed by atoms with E-state index in [1.165, 1.54) is 17.1 Å². The summed E-state index contributed by atoms with van der Waals surface area (Å²) in [5.74, 6) is 0.576. The van der Waals surface area contributed by atoms with Gasteiger partial charge >= 0.3 is 0 Å². The zero-order valence-electron chi connectivity index (χ0n) is 12.1. The van der Waals surface area contributed by atoms with E-state index in [1.807, 2.05) is 25.1 Å². The molecule has 0 amide bonds. The Balaban J connectivity index is 2.03. The fourth-order valence-corrected chi connectivity index (χ4v) is 2.75. The largest absolute Gasteiger partial charge is 0.309 e. The van der Waals surface area contributed by atoms with Crippen LogP contribution < -0.4 is 4.72 Å². The number of sulfonamides is 1. The molecule has 0 bridgehead atoms. The highest BCUT2D eigenvalue weighted by molar-refractivity contribution is 7.89. The number of rotatable bonds is 7. The topological polar surface area (TPSA) is 80.1 Å². The number of hydrogen-bond donors (Lipinski definition) is 1. The lowest BCUT2D eigenvalue weighted by molar-refractivity contribution is 0.400. The van der Waals surface area contributed by atoms with Crippen molar-refractivity contribution >= 4 is 10.0 Å². The quantitative estimate of drug-likeness (QED) is 0.753. The van der Waals surface area contributed by atoms with Crippen molar-refractivity contribution < 1.29 is 8.42 Å². The maximum atomic E-state index is 12.1. The first-order valence-electron chi connectivity index (χ1n) is 6.59. The Kier molecular flexibility index (Phi) is 5.05. The van der Waals surface area contributed by atoms with Gasteiger partial charge in [-0.25, -0.2) is 22.8 Å². The SMILES string of the molecule is CN(C)CCCNS(=O)(=O)c1cnn(-c2ccccn2)c1. The van der Waals surface area contributed by atoms with E-state index in [4.69, 9.17) is 0 Å². The van der Waals surface area contributed by atoms with Crippen molar-refractivity contribution in [1.29, 1.82) is 0 Å². The molecule has 7 nitrogen and oxygen atoms in total. The van der Waals surface area contributed by atoms with Crippen LogP contribution in [0.3, 0.4) is 0 Å². The molecule has 0 atom stereocenters. The van der Waals surface area contributed by atoms with Gasteiger partial charge in [-0.05, 0) is 39.2 Å². The van der Waals surface area contributed by atoms with Crippen LogP contribution in [-0.4, -0.2) is 55.3 Å². The number of hydrogen-bond acceptors (Lipinski definition) is 5. The highest BCUT2D eigenvalue weighted by Crippen LogP contribution is 2.10. The maximum absolute atomic E-state index is 12.1. The predicted molar refractivity (Wildman–Crippen MR) is 79.7 cm³/mol. The van der Waals surface area contributed by atoms with Crippen LogP contribution in [0.1, 0.15) is 6.42 Å². The van der Waals surface area contributed by atoms with Crippen molar-refractivity contribution in [3.05, 3.63) is 36.8 Å². The first-order valence-corrected chi connectivity index (χ1v) is 8.08. The molecule has 21 heavy (non-hydrogen) atoms. The lowest BCUT2D eigenvalue weighted by Crippen LogP contribution is -2.27. The zero-order valence-corrected chi connectivity index (χ0v) is 12.9. The van der Waals surface area contributed by atoms with Crippen molar-refractivity contribution in [2.75, 3.05) is 27.2 Å². The summed E-state index contributed by atoms with van der Waals surface area (Å²) in [5, 5.41) is 4.04. The summed E-state index contributed by atoms with van der Waals surface area (Å²) in [6.45, 7) is 1.23. The fourth-order valence-electron chi connectivity index (χ4n) is 1.74. The molecule has 0 aliphatic carbocycles. The lowest BCUT2D eigenvalue weighted by Gasteiger charge is -2.09. The summed E-state index contributed by atoms with van der Waals surface area (Å²) in [5.41, 5.74) is 0. The first-order chi connectivity index (χ1) is 9.99. The molecular weight excluding hydrogens is 290 g/mol. The molecule has 0 saturated heterocycles. The fraction of sp³-hybridized carbons (Fsp3) is 0.385. The van der Waals surface area contributed by atoms with E-state index in [0.29, 0.717) is 12.4 Å². The minimum absolute atomic E-state index is 0.137. The summed E-state index contributed by atoms with van der Waals surface area (Å²) in [7, 11) is 0.375. The Labute approximate surface area is 124 Å². The van der Waals surface area contributed by atoms with Gasteiger partial charge in [0.2, 0.25) is 10.0 Å². The molecule has 0 fully saturated rings. The molecule has 0 aliphatic rings. The van der Waals surface area contributed by atoms with Gasteiger partial charge < -0.3 is 4.90 Å². The molecule has 2 rings (SSSR count). The van der Waals surface area contributed by atoms with Crippen molar-refractivity contribution in [3.63, 3.8) is 0 Å². The Bertz CT molecular complexity index is 667. The first kappa shape index (κ1) is 15.6. The number of aromatic nitrogens is 3. The molecule has 2 heterocycles. The van der Waals surface area contributed by atoms with Crippen molar-refractivity contribution in [3.8, 4) is 5.82 Å². The van der Waals surface area contributed by atoms with E-state index >= 15 is 0 Å². The third kappa shape index (κ3) is 4.35. The van der Waals surface area contributed by atoms with Crippen LogP contribution in [0.15, 0.2) is 41.7 Å². The number of nitrogens with one attached hydrogen (secondary N) is 1. The smallest absolute Gasteiger partial charge is 0.243 e. The van der Waals surface area contributed by atoms with Crippen LogP contribution in [0, 0.1) is 0 Å². The van der Waals surface area contributed by atoms with Gasteiger partial charge in [-0.1, -0.05) is 6.07 Å². The van der Waals surface area contributed by atoms with Crippen LogP contribution >= 0.6 is 0 Å². The van der Waals surface area contributed by atoms with Gasteiger partial charge in [0, 0.05) is 12.7 Å². The Morgan fingerprint density at radius 3 is 2.81 bits per heavy atom. The summed E-state index contributed by atoms with van der Waals surface area (Å²) in [6, 6.07) is 5.36. The van der Waals surface area contributed by atoms with Crippen LogP contribution in [-0.2, 0) is 10.0 Å². The second-order valence-electron chi connectivity index (χ2n) is 4.86. The van der Waals surface area contributed by atoms with Crippen LogP contribution in [0.4, 0.5) is 0 Å². The van der Waals surface area contributed by atoms with Crippen LogP contribution in [0.2, 0.25) is 0 Å². The molecule has 0 saturated carbocycles. The van der Waals surface area contributed by atoms with E-state index in [1.54, 1.807) is 18.3 Å². The normalized spacial score (nSPS) is 12.0. The van der Waals surface area contributed by atoms with Gasteiger partial charge in [0.15, 0.2) is 5.82 Å². The summed E-state index contributed by atoms with van der Waals surface area (Å²) in [6.07, 6.45) is 5.16. The Hall–Kier alpha value is -1.77. The number of pyridine rings is 1. The highest BCUT2D eigenvalue weighted by atomic mass is 32.2. The molecule has 2 aromatic rings. The molecule has 2 aromatic heterocycles. The second kappa shape index (κ2) is 6.79. The van der Waals surface area contributed by atoms with Gasteiger partial charge in [0.25, 0.3) is 0 Å². The summed E-state index contributed by atoms with van der Waals surface area (Å²) < 4.78 is 28.3. The van der Waals surface area contributed by atoms with Gasteiger partial charge in [-0.15, -0.1) is 0 Å². The lowest BCUT2D eigenvalue weighted by atomic mass is 10.4. The van der Waals surface area contributed by atoms with E-state index < -0.39 is 10.0 Å². The summed E-state index contributed by atoms with van der Waals surface area (Å²) in [4.78, 5) is 6.26. The summed E-state index contributed by atoms with van der Waals surface area (Å²) >= 11 is 0. The van der Waals surface area contributed by atoms with Gasteiger partial charge in [0.05, 0.1) is 12.4 Å². The molecule has 0 unspecified atom stereocenters. The van der Waals surface area contributed by atoms with Gasteiger partial charge in [0.1, 0.15) is 4.90 Å². The van der Waals surface area contributed by atoms with Crippen molar-refractivity contribution in [2.45, 2.75) is 11.3 Å². The van der Waals surface area contributed by atoms with Crippen LogP contribution in [0.25, 0.3) is 5.82 Å². The van der Waals surface area contributed by atoms with Gasteiger partial charge in [-0.2, -0.15) is 5.10 Å². The predicted octanol–water partition coefficient (Wildman–Crippen LogP) is 0.497. The number of nitrogens with zero attached hydrogens (tertiary/aromatic N) is 4. The van der Waals surface area contributed by atoms with Gasteiger partial charge in [-0.3, -0.25) is 0 Å². The monoisotopic (exact) mass is 309 g/mol. The highest BCUT2D eigenvalue weighted by Gasteiger charge is 2.16. The minimum Gasteiger partial charge on any atom is -0.309 e. The molecular formula is C13H19N5O2S. The molecule has 0 spiro atoms. The van der Waals surface area contributed by atoms with Crippen molar-refractivity contribution in [1.82, 2.24) is 24.4 Å². The van der Waals surface area contributed by atoms with E-state index in [9.17, 15) is 8.42 Å². The van der Waals surface area contributed by atoms with E-state index in [2.05, 4.69) is 14.8 Å². The third-order valence-electron chi connectivity index (χ3n) is 2.83. The Morgan fingerprint density at radius 2 is 2.14 bits per heavy atom. The third-order valence-corrected chi connectivity index (χ3v) is 4.24. The molecule has 8 heteroatoms. The van der Waals surface area contributed by atoms with Crippen molar-refractivity contribution in [2.24, 2.45) is 0 Å². The van der Waals surface area contributed by atoms with Crippen LogP contribution in [0.5, 0.6) is 0 Å². The molecule has 0 aliphatic heterocycles. The molecule has 0 radical (unpaired) electrons. The average Bonchev–Trinajstić information content (AvgIpc) is 2.95. The standard InChI is InChI=1S/C13H19N5O2S/c1-17(2)9-5-8-16-21(19,20)12-10-15-18(11-12)13-6-3-4-7-14-13/h3-4,6-7,10-11,16H,5,8-9H2,1-2H3. The molecule has 0 aromatic carbocycles. The van der Waals surface area contributed by atoms with E-state index in [0.717, 1.165) is 13.0 Å². The second-order valence-corrected chi connectivity index (χ2v) is 6.63. The zero-order chi connectivity index (χ0) is 15.3. The molecule has 1 N–H and O–H groups in total. The van der Waals surface area contributed by atoms with E-state index in [-0.39, 0.29) is 4.90 Å².